The van der Waals surface area contributed by atoms with E-state index < -0.39 is 17.6 Å². The number of carbonyl (C=O) groups excluding carboxylic acids is 1. The molecule has 0 saturated heterocycles. The molecule has 0 bridgehead atoms. The molecule has 1 N–H and O–H groups in total. The van der Waals surface area contributed by atoms with Crippen LogP contribution in [0, 0.1) is 6.92 Å². The van der Waals surface area contributed by atoms with Gasteiger partial charge >= 0.3 is 6.18 Å². The number of halogens is 3. The van der Waals surface area contributed by atoms with Crippen LogP contribution >= 0.6 is 0 Å². The van der Waals surface area contributed by atoms with Crippen LogP contribution in [-0.2, 0) is 13.2 Å². The molecule has 0 fully saturated rings. The Balaban J connectivity index is 1.94. The first-order chi connectivity index (χ1) is 13.2. The molecule has 6 nitrogen and oxygen atoms in total. The summed E-state index contributed by atoms with van der Waals surface area (Å²) >= 11 is 0. The fourth-order valence-electron chi connectivity index (χ4n) is 2.77. The van der Waals surface area contributed by atoms with Crippen molar-refractivity contribution in [2.45, 2.75) is 26.4 Å². The third kappa shape index (κ3) is 3.92. The summed E-state index contributed by atoms with van der Waals surface area (Å²) in [7, 11) is 1.74. The van der Waals surface area contributed by atoms with Crippen LogP contribution in [0.1, 0.15) is 35.0 Å². The molecule has 0 aliphatic carbocycles. The fraction of sp³-hybridized carbons (Fsp3) is 0.316. The maximum absolute atomic E-state index is 13.1. The summed E-state index contributed by atoms with van der Waals surface area (Å²) in [6.07, 6.45) is -2.50. The van der Waals surface area contributed by atoms with Gasteiger partial charge in [-0.25, -0.2) is 4.98 Å². The van der Waals surface area contributed by atoms with Crippen molar-refractivity contribution in [1.82, 2.24) is 14.8 Å². The lowest BCUT2D eigenvalue weighted by molar-refractivity contribution is -0.137. The molecule has 1 aromatic carbocycles. The second kappa shape index (κ2) is 7.49. The quantitative estimate of drug-likeness (QED) is 0.702. The van der Waals surface area contributed by atoms with Crippen molar-refractivity contribution in [3.05, 3.63) is 47.3 Å². The summed E-state index contributed by atoms with van der Waals surface area (Å²) in [4.78, 5) is 16.9. The molecular weight excluding hydrogens is 373 g/mol. The number of hydrogen-bond acceptors (Lipinski definition) is 4. The monoisotopic (exact) mass is 392 g/mol. The van der Waals surface area contributed by atoms with E-state index in [1.165, 1.54) is 12.3 Å². The Bertz CT molecular complexity index is 1030. The summed E-state index contributed by atoms with van der Waals surface area (Å²) in [5.74, 6) is -0.409. The SMILES string of the molecule is CCCOc1ccc(C(F)(F)F)cc1NC(=O)c1cnc2c(c1)c(C)nn2C. The Morgan fingerprint density at radius 3 is 2.71 bits per heavy atom. The lowest BCUT2D eigenvalue weighted by Crippen LogP contribution is -2.15. The van der Waals surface area contributed by atoms with Crippen LogP contribution in [0.3, 0.4) is 0 Å². The van der Waals surface area contributed by atoms with Crippen LogP contribution in [-0.4, -0.2) is 27.3 Å². The topological polar surface area (TPSA) is 69.0 Å². The van der Waals surface area contributed by atoms with Crippen molar-refractivity contribution < 1.29 is 22.7 Å². The summed E-state index contributed by atoms with van der Waals surface area (Å²) < 4.78 is 46.2. The van der Waals surface area contributed by atoms with Gasteiger partial charge in [0.15, 0.2) is 5.65 Å². The van der Waals surface area contributed by atoms with Crippen LogP contribution in [0.15, 0.2) is 30.5 Å². The van der Waals surface area contributed by atoms with Crippen LogP contribution in [0.2, 0.25) is 0 Å². The van der Waals surface area contributed by atoms with E-state index in [0.717, 1.165) is 12.1 Å². The number of amides is 1. The highest BCUT2D eigenvalue weighted by atomic mass is 19.4. The lowest BCUT2D eigenvalue weighted by Gasteiger charge is -2.15. The number of benzene rings is 1. The maximum atomic E-state index is 13.1. The number of alkyl halides is 3. The number of rotatable bonds is 5. The molecule has 0 saturated carbocycles. The maximum Gasteiger partial charge on any atom is 0.416 e. The standard InChI is InChI=1S/C19H19F3N4O2/c1-4-7-28-16-6-5-13(19(20,21)22)9-15(16)24-18(27)12-8-14-11(2)25-26(3)17(14)23-10-12/h5-6,8-10H,4,7H2,1-3H3,(H,24,27). The van der Waals surface area contributed by atoms with Crippen LogP contribution < -0.4 is 10.1 Å². The number of nitrogens with zero attached hydrogens (tertiary/aromatic N) is 3. The minimum Gasteiger partial charge on any atom is -0.491 e. The van der Waals surface area contributed by atoms with Gasteiger partial charge in [0.25, 0.3) is 5.91 Å². The second-order valence-electron chi connectivity index (χ2n) is 6.32. The van der Waals surface area contributed by atoms with Gasteiger partial charge in [-0.05, 0) is 37.6 Å². The number of ether oxygens (including phenoxy) is 1. The number of hydrogen-bond donors (Lipinski definition) is 1. The molecule has 2 aromatic heterocycles. The zero-order valence-electron chi connectivity index (χ0n) is 15.6. The molecule has 148 valence electrons. The Morgan fingerprint density at radius 2 is 2.04 bits per heavy atom. The van der Waals surface area contributed by atoms with E-state index in [1.807, 2.05) is 6.92 Å². The predicted molar refractivity (Wildman–Crippen MR) is 98.4 cm³/mol. The number of pyridine rings is 1. The molecule has 0 unspecified atom stereocenters. The van der Waals surface area contributed by atoms with Gasteiger partial charge in [-0.2, -0.15) is 18.3 Å². The van der Waals surface area contributed by atoms with Gasteiger partial charge in [0.05, 0.1) is 29.1 Å². The van der Waals surface area contributed by atoms with E-state index in [2.05, 4.69) is 15.4 Å². The number of aryl methyl sites for hydroxylation is 2. The molecule has 0 spiro atoms. The van der Waals surface area contributed by atoms with Crippen LogP contribution in [0.5, 0.6) is 5.75 Å². The van der Waals surface area contributed by atoms with Crippen LogP contribution in [0.4, 0.5) is 18.9 Å². The van der Waals surface area contributed by atoms with Crippen molar-refractivity contribution >= 4 is 22.6 Å². The average molecular weight is 392 g/mol. The van der Waals surface area contributed by atoms with E-state index in [1.54, 1.807) is 24.7 Å². The van der Waals surface area contributed by atoms with E-state index in [-0.39, 0.29) is 17.0 Å². The third-order valence-electron chi connectivity index (χ3n) is 4.14. The van der Waals surface area contributed by atoms with E-state index in [4.69, 9.17) is 4.74 Å². The van der Waals surface area contributed by atoms with Crippen molar-refractivity contribution in [1.29, 1.82) is 0 Å². The molecule has 2 heterocycles. The summed E-state index contributed by atoms with van der Waals surface area (Å²) in [5.41, 5.74) is 0.604. The summed E-state index contributed by atoms with van der Waals surface area (Å²) in [5, 5.41) is 7.44. The zero-order valence-corrected chi connectivity index (χ0v) is 15.6. The number of carbonyl (C=O) groups is 1. The van der Waals surface area contributed by atoms with E-state index in [0.29, 0.717) is 29.8 Å². The third-order valence-corrected chi connectivity index (χ3v) is 4.14. The number of nitrogens with one attached hydrogen (secondary N) is 1. The van der Waals surface area contributed by atoms with Gasteiger partial charge in [-0.3, -0.25) is 9.48 Å². The molecule has 0 atom stereocenters. The lowest BCUT2D eigenvalue weighted by atomic mass is 10.1. The highest BCUT2D eigenvalue weighted by Gasteiger charge is 2.31. The first-order valence-corrected chi connectivity index (χ1v) is 8.65. The molecule has 28 heavy (non-hydrogen) atoms. The molecule has 3 rings (SSSR count). The Morgan fingerprint density at radius 1 is 1.29 bits per heavy atom. The number of anilines is 1. The van der Waals surface area contributed by atoms with Crippen molar-refractivity contribution in [2.24, 2.45) is 7.05 Å². The van der Waals surface area contributed by atoms with Crippen LogP contribution in [0.25, 0.3) is 11.0 Å². The molecule has 3 aromatic rings. The fourth-order valence-corrected chi connectivity index (χ4v) is 2.77. The number of fused-ring (bicyclic) bond motifs is 1. The molecular formula is C19H19F3N4O2. The Hall–Kier alpha value is -3.10. The minimum atomic E-state index is -4.53. The molecule has 1 amide bonds. The minimum absolute atomic E-state index is 0.0451. The average Bonchev–Trinajstić information content (AvgIpc) is 2.93. The predicted octanol–water partition coefficient (Wildman–Crippen LogP) is 4.34. The molecule has 0 radical (unpaired) electrons. The van der Waals surface area contributed by atoms with Gasteiger partial charge in [-0.15, -0.1) is 0 Å². The van der Waals surface area contributed by atoms with Crippen molar-refractivity contribution in [2.75, 3.05) is 11.9 Å². The largest absolute Gasteiger partial charge is 0.491 e. The zero-order chi connectivity index (χ0) is 20.5. The van der Waals surface area contributed by atoms with Crippen molar-refractivity contribution in [3.63, 3.8) is 0 Å². The normalized spacial score (nSPS) is 11.6. The number of aromatic nitrogens is 3. The summed E-state index contributed by atoms with van der Waals surface area (Å²) in [6.45, 7) is 3.98. The Kier molecular flexibility index (Phi) is 5.26. The van der Waals surface area contributed by atoms with Gasteiger partial charge < -0.3 is 10.1 Å². The molecule has 9 heteroatoms. The first-order valence-electron chi connectivity index (χ1n) is 8.65. The highest BCUT2D eigenvalue weighted by Crippen LogP contribution is 2.35. The van der Waals surface area contributed by atoms with E-state index in [9.17, 15) is 18.0 Å². The van der Waals surface area contributed by atoms with Gasteiger partial charge in [0.1, 0.15) is 5.75 Å². The summed E-state index contributed by atoms with van der Waals surface area (Å²) in [6, 6.07) is 4.61. The molecule has 0 aliphatic rings. The highest BCUT2D eigenvalue weighted by molar-refractivity contribution is 6.06. The van der Waals surface area contributed by atoms with Gasteiger partial charge in [0, 0.05) is 18.6 Å². The second-order valence-corrected chi connectivity index (χ2v) is 6.32. The van der Waals surface area contributed by atoms with Gasteiger partial charge in [0.2, 0.25) is 0 Å². The Labute approximate surface area is 159 Å². The smallest absolute Gasteiger partial charge is 0.416 e. The van der Waals surface area contributed by atoms with Crippen molar-refractivity contribution in [3.8, 4) is 5.75 Å². The van der Waals surface area contributed by atoms with E-state index >= 15 is 0 Å². The first kappa shape index (κ1) is 19.7. The molecule has 0 aliphatic heterocycles. The van der Waals surface area contributed by atoms with Gasteiger partial charge in [-0.1, -0.05) is 6.92 Å².